The Hall–Kier alpha value is -1.61. The maximum atomic E-state index is 12.2. The number of pyridine rings is 1. The van der Waals surface area contributed by atoms with Gasteiger partial charge in [0.25, 0.3) is 0 Å². The van der Waals surface area contributed by atoms with E-state index in [4.69, 9.17) is 4.74 Å². The van der Waals surface area contributed by atoms with E-state index in [1.807, 2.05) is 43.3 Å². The average Bonchev–Trinajstić information content (AvgIpc) is 2.88. The van der Waals surface area contributed by atoms with Crippen LogP contribution in [-0.2, 0) is 4.74 Å². The number of carbonyl (C=O) groups is 1. The molecule has 0 spiro atoms. The normalized spacial score (nSPS) is 10.1. The van der Waals surface area contributed by atoms with Gasteiger partial charge in [0.2, 0.25) is 0 Å². The van der Waals surface area contributed by atoms with Gasteiger partial charge in [0.05, 0.1) is 0 Å². The van der Waals surface area contributed by atoms with Crippen molar-refractivity contribution in [3.05, 3.63) is 53.1 Å². The van der Waals surface area contributed by atoms with Crippen molar-refractivity contribution in [3.8, 4) is 11.3 Å². The van der Waals surface area contributed by atoms with Crippen molar-refractivity contribution >= 4 is 42.5 Å². The van der Waals surface area contributed by atoms with E-state index in [-0.39, 0.29) is 32.9 Å². The van der Waals surface area contributed by atoms with E-state index in [0.29, 0.717) is 6.61 Å². The summed E-state index contributed by atoms with van der Waals surface area (Å²) in [6.45, 7) is 2.22. The number of aromatic nitrogens is 1. The molecule has 0 saturated heterocycles. The molecule has 0 aliphatic carbocycles. The summed E-state index contributed by atoms with van der Waals surface area (Å²) >= 11 is -0.0182. The van der Waals surface area contributed by atoms with Crippen LogP contribution in [0.2, 0.25) is 0 Å². The number of carbonyl (C=O) groups excluding carboxylic acids is 1. The van der Waals surface area contributed by atoms with Crippen LogP contribution in [-0.4, -0.2) is 32.1 Å². The molecule has 0 bridgehead atoms. The number of hydrogen-bond acceptors (Lipinski definition) is 3. The first-order chi connectivity index (χ1) is 9.81. The van der Waals surface area contributed by atoms with E-state index in [9.17, 15) is 4.79 Å². The Labute approximate surface area is 135 Å². The Morgan fingerprint density at radius 2 is 1.95 bits per heavy atom. The average molecular weight is 367 g/mol. The maximum absolute atomic E-state index is 12.2. The molecule has 0 aliphatic heterocycles. The molecule has 5 heteroatoms. The molecule has 0 N–H and O–H groups in total. The zero-order valence-corrected chi connectivity index (χ0v) is 13.9. The fraction of sp³-hybridized carbons (Fsp3) is 0.125. The number of ether oxygens (including phenoxy) is 1. The zero-order valence-electron chi connectivity index (χ0n) is 11.4. The van der Waals surface area contributed by atoms with Crippen molar-refractivity contribution in [1.82, 2.24) is 4.98 Å². The quantitative estimate of drug-likeness (QED) is 0.525. The molecular formula is C16H14ClNO2Se. The first-order valence-electron chi connectivity index (χ1n) is 6.41. The molecule has 21 heavy (non-hydrogen) atoms. The molecule has 3 rings (SSSR count). The smallest absolute Gasteiger partial charge is 0.147 e. The minimum Gasteiger partial charge on any atom is -0.147 e. The molecular weight excluding hydrogens is 353 g/mol. The van der Waals surface area contributed by atoms with Crippen LogP contribution in [0.4, 0.5) is 0 Å². The number of fused-ring (bicyclic) bond motifs is 1. The van der Waals surface area contributed by atoms with Crippen LogP contribution in [0.25, 0.3) is 20.9 Å². The number of hydrogen-bond donors (Lipinski definition) is 0. The topological polar surface area (TPSA) is 39.2 Å². The summed E-state index contributed by atoms with van der Waals surface area (Å²) in [5.74, 6) is -0.218. The second-order valence-electron chi connectivity index (χ2n) is 4.24. The van der Waals surface area contributed by atoms with Crippen molar-refractivity contribution in [3.63, 3.8) is 0 Å². The van der Waals surface area contributed by atoms with Crippen molar-refractivity contribution in [1.29, 1.82) is 0 Å². The van der Waals surface area contributed by atoms with E-state index in [1.54, 1.807) is 6.20 Å². The first kappa shape index (κ1) is 15.8. The van der Waals surface area contributed by atoms with Crippen LogP contribution in [0, 0.1) is 0 Å². The molecule has 2 heterocycles. The Bertz CT molecular complexity index is 755. The van der Waals surface area contributed by atoms with Gasteiger partial charge in [0.15, 0.2) is 0 Å². The fourth-order valence-corrected chi connectivity index (χ4v) is 4.47. The van der Waals surface area contributed by atoms with Crippen LogP contribution in [0.3, 0.4) is 0 Å². The molecule has 2 aromatic heterocycles. The molecule has 0 atom stereocenters. The summed E-state index contributed by atoms with van der Waals surface area (Å²) in [5, 5.41) is 1.11. The minimum atomic E-state index is -0.218. The summed E-state index contributed by atoms with van der Waals surface area (Å²) in [6.07, 6.45) is 1.75. The molecule has 0 aliphatic rings. The Morgan fingerprint density at radius 1 is 1.19 bits per heavy atom. The van der Waals surface area contributed by atoms with Crippen LogP contribution >= 0.6 is 12.4 Å². The molecule has 0 amide bonds. The molecule has 0 saturated carbocycles. The zero-order chi connectivity index (χ0) is 13.9. The van der Waals surface area contributed by atoms with Gasteiger partial charge in [0.1, 0.15) is 0 Å². The van der Waals surface area contributed by atoms with Crippen molar-refractivity contribution < 1.29 is 9.53 Å². The van der Waals surface area contributed by atoms with E-state index in [2.05, 4.69) is 11.1 Å². The van der Waals surface area contributed by atoms with Gasteiger partial charge in [0, 0.05) is 0 Å². The van der Waals surface area contributed by atoms with Gasteiger partial charge < -0.3 is 0 Å². The molecule has 3 aromatic rings. The predicted molar refractivity (Wildman–Crippen MR) is 87.3 cm³/mol. The van der Waals surface area contributed by atoms with Gasteiger partial charge in [-0.1, -0.05) is 0 Å². The maximum Gasteiger partial charge on any atom is -0.147 e. The van der Waals surface area contributed by atoms with E-state index in [0.717, 1.165) is 21.1 Å². The third-order valence-corrected chi connectivity index (χ3v) is 5.39. The van der Waals surface area contributed by atoms with Crippen molar-refractivity contribution in [2.24, 2.45) is 0 Å². The summed E-state index contributed by atoms with van der Waals surface area (Å²) < 4.78 is 7.17. The van der Waals surface area contributed by atoms with E-state index < -0.39 is 0 Å². The molecule has 108 valence electrons. The number of rotatable bonds is 3. The summed E-state index contributed by atoms with van der Waals surface area (Å²) in [5.41, 5.74) is 1.77. The number of nitrogens with zero attached hydrogens (tertiary/aromatic N) is 1. The van der Waals surface area contributed by atoms with Crippen molar-refractivity contribution in [2.45, 2.75) is 6.92 Å². The summed E-state index contributed by atoms with van der Waals surface area (Å²) in [6, 6.07) is 13.9. The van der Waals surface area contributed by atoms with E-state index >= 15 is 0 Å². The molecule has 1 aromatic carbocycles. The molecule has 3 nitrogen and oxygen atoms in total. The molecule has 0 unspecified atom stereocenters. The van der Waals surface area contributed by atoms with E-state index in [1.165, 1.54) is 4.26 Å². The fourth-order valence-electron chi connectivity index (χ4n) is 2.15. The van der Waals surface area contributed by atoms with Gasteiger partial charge in [-0.15, -0.1) is 12.4 Å². The van der Waals surface area contributed by atoms with Crippen LogP contribution in [0.15, 0.2) is 48.7 Å². The predicted octanol–water partition coefficient (Wildman–Crippen LogP) is 3.56. The van der Waals surface area contributed by atoms with Crippen LogP contribution < -0.4 is 0 Å². The number of benzene rings is 1. The second kappa shape index (κ2) is 6.90. The third-order valence-electron chi connectivity index (χ3n) is 2.98. The number of halogens is 1. The van der Waals surface area contributed by atoms with Gasteiger partial charge in [-0.3, -0.25) is 0 Å². The first-order valence-corrected chi connectivity index (χ1v) is 8.12. The minimum absolute atomic E-state index is 0. The van der Waals surface area contributed by atoms with Crippen molar-refractivity contribution in [2.75, 3.05) is 6.61 Å². The van der Waals surface area contributed by atoms with Gasteiger partial charge >= 0.3 is 123 Å². The number of esters is 1. The standard InChI is InChI=1S/C16H13NO2Se.ClH/c1-2-19-16(18)15-14(12-8-5-6-10-17-12)11-7-3-4-9-13(11)20-15;/h3-10H,2H2,1H3;1H. The SMILES string of the molecule is CCOC(=O)c1[se]c2ccccc2c1-c1ccccn1.Cl. The van der Waals surface area contributed by atoms with Gasteiger partial charge in [-0.25, -0.2) is 0 Å². The second-order valence-corrected chi connectivity index (χ2v) is 6.45. The molecule has 0 fully saturated rings. The Morgan fingerprint density at radius 3 is 2.67 bits per heavy atom. The van der Waals surface area contributed by atoms with Gasteiger partial charge in [-0.05, 0) is 0 Å². The molecule has 0 radical (unpaired) electrons. The Balaban J connectivity index is 0.00000161. The summed E-state index contributed by atoms with van der Waals surface area (Å²) in [7, 11) is 0. The van der Waals surface area contributed by atoms with Gasteiger partial charge in [-0.2, -0.15) is 0 Å². The third kappa shape index (κ3) is 3.03. The largest absolute Gasteiger partial charge is 0.147 e. The van der Waals surface area contributed by atoms with Crippen LogP contribution in [0.1, 0.15) is 16.2 Å². The monoisotopic (exact) mass is 367 g/mol. The summed E-state index contributed by atoms with van der Waals surface area (Å²) in [4.78, 5) is 16.6. The van der Waals surface area contributed by atoms with Crippen LogP contribution in [0.5, 0.6) is 0 Å². The Kier molecular flexibility index (Phi) is 5.18.